The Morgan fingerprint density at radius 2 is 1.73 bits per heavy atom. The van der Waals surface area contributed by atoms with Crippen LogP contribution in [0.5, 0.6) is 11.5 Å². The highest BCUT2D eigenvalue weighted by molar-refractivity contribution is 5.88. The molecule has 26 heavy (non-hydrogen) atoms. The topological polar surface area (TPSA) is 77.2 Å². The van der Waals surface area contributed by atoms with Gasteiger partial charge in [0.05, 0.1) is 30.5 Å². The Bertz CT molecular complexity index is 812. The zero-order chi connectivity index (χ0) is 18.5. The molecule has 3 rings (SSSR count). The van der Waals surface area contributed by atoms with Crippen LogP contribution in [0.3, 0.4) is 0 Å². The summed E-state index contributed by atoms with van der Waals surface area (Å²) in [6, 6.07) is 9.96. The van der Waals surface area contributed by atoms with Crippen molar-refractivity contribution >= 4 is 23.3 Å². The number of hydrogen-bond donors (Lipinski definition) is 0. The van der Waals surface area contributed by atoms with Crippen molar-refractivity contribution in [2.75, 3.05) is 32.2 Å². The van der Waals surface area contributed by atoms with Crippen LogP contribution < -0.4 is 14.4 Å². The molecule has 1 saturated heterocycles. The third-order valence-electron chi connectivity index (χ3n) is 4.39. The normalized spacial score (nSPS) is 14.0. The first-order chi connectivity index (χ1) is 12.6. The Morgan fingerprint density at radius 3 is 2.31 bits per heavy atom. The average Bonchev–Trinajstić information content (AvgIpc) is 3.20. The first kappa shape index (κ1) is 17.7. The Kier molecular flexibility index (Phi) is 5.36. The molecule has 0 saturated carbocycles. The molecule has 0 atom stereocenters. The van der Waals surface area contributed by atoms with Crippen molar-refractivity contribution in [2.24, 2.45) is 4.99 Å². The molecule has 136 valence electrons. The van der Waals surface area contributed by atoms with Crippen molar-refractivity contribution in [1.29, 1.82) is 0 Å². The largest absolute Gasteiger partial charge is 0.496 e. The predicted octanol–water partition coefficient (Wildman–Crippen LogP) is 3.96. The van der Waals surface area contributed by atoms with Crippen LogP contribution in [0.2, 0.25) is 0 Å². The fraction of sp³-hybridized carbons (Fsp3) is 0.316. The lowest BCUT2D eigenvalue weighted by molar-refractivity contribution is -0.384. The van der Waals surface area contributed by atoms with Crippen LogP contribution in [-0.4, -0.2) is 38.4 Å². The molecule has 0 N–H and O–H groups in total. The van der Waals surface area contributed by atoms with E-state index >= 15 is 0 Å². The van der Waals surface area contributed by atoms with Gasteiger partial charge in [0.1, 0.15) is 11.5 Å². The number of ether oxygens (including phenoxy) is 2. The summed E-state index contributed by atoms with van der Waals surface area (Å²) in [6.07, 6.45) is 4.03. The van der Waals surface area contributed by atoms with E-state index in [2.05, 4.69) is 9.89 Å². The number of nitro groups is 1. The zero-order valence-corrected chi connectivity index (χ0v) is 14.8. The average molecular weight is 355 g/mol. The van der Waals surface area contributed by atoms with Crippen molar-refractivity contribution < 1.29 is 14.4 Å². The van der Waals surface area contributed by atoms with Crippen LogP contribution in [0.15, 0.2) is 41.4 Å². The molecule has 7 heteroatoms. The van der Waals surface area contributed by atoms with Gasteiger partial charge in [0.25, 0.3) is 5.69 Å². The molecule has 0 bridgehead atoms. The van der Waals surface area contributed by atoms with E-state index in [9.17, 15) is 10.1 Å². The third kappa shape index (κ3) is 3.77. The molecular weight excluding hydrogens is 334 g/mol. The molecule has 0 unspecified atom stereocenters. The highest BCUT2D eigenvalue weighted by Gasteiger charge is 2.19. The minimum atomic E-state index is -0.432. The Hall–Kier alpha value is -3.09. The number of aliphatic imine (C=N–C) groups is 1. The second-order valence-electron chi connectivity index (χ2n) is 5.99. The number of methoxy groups -OCH3 is 2. The highest BCUT2D eigenvalue weighted by Crippen LogP contribution is 2.36. The molecule has 0 aliphatic carbocycles. The maximum Gasteiger partial charge on any atom is 0.269 e. The van der Waals surface area contributed by atoms with E-state index in [1.807, 2.05) is 12.1 Å². The van der Waals surface area contributed by atoms with Crippen LogP contribution in [0.1, 0.15) is 18.4 Å². The summed E-state index contributed by atoms with van der Waals surface area (Å²) in [6.45, 7) is 2.02. The van der Waals surface area contributed by atoms with Crippen molar-refractivity contribution in [2.45, 2.75) is 12.8 Å². The Balaban J connectivity index is 1.89. The van der Waals surface area contributed by atoms with Crippen LogP contribution in [0.25, 0.3) is 0 Å². The van der Waals surface area contributed by atoms with Gasteiger partial charge in [0, 0.05) is 43.1 Å². The van der Waals surface area contributed by atoms with E-state index in [0.717, 1.165) is 30.1 Å². The number of non-ortho nitro benzene ring substituents is 1. The summed E-state index contributed by atoms with van der Waals surface area (Å²) in [4.78, 5) is 17.0. The molecule has 1 fully saturated rings. The minimum Gasteiger partial charge on any atom is -0.496 e. The van der Waals surface area contributed by atoms with E-state index in [0.29, 0.717) is 11.4 Å². The SMILES string of the molecule is COc1cc(N2CCCC2)c(OC)cc1C=Nc1ccc([N+](=O)[O-])cc1. The molecule has 0 spiro atoms. The number of nitro benzene ring substituents is 1. The standard InChI is InChI=1S/C19H21N3O4/c1-25-18-12-17(21-9-3-4-10-21)19(26-2)11-14(18)13-20-15-5-7-16(8-6-15)22(23)24/h5-8,11-13H,3-4,9-10H2,1-2H3. The van der Waals surface area contributed by atoms with E-state index in [1.165, 1.54) is 25.0 Å². The summed E-state index contributed by atoms with van der Waals surface area (Å²) >= 11 is 0. The fourth-order valence-electron chi connectivity index (χ4n) is 3.02. The predicted molar refractivity (Wildman–Crippen MR) is 101 cm³/mol. The first-order valence-corrected chi connectivity index (χ1v) is 8.42. The summed E-state index contributed by atoms with van der Waals surface area (Å²) in [7, 11) is 3.28. The number of hydrogen-bond acceptors (Lipinski definition) is 6. The van der Waals surface area contributed by atoms with E-state index in [1.54, 1.807) is 32.6 Å². The molecule has 1 heterocycles. The summed E-state index contributed by atoms with van der Waals surface area (Å²) in [5, 5.41) is 10.7. The monoisotopic (exact) mass is 355 g/mol. The van der Waals surface area contributed by atoms with Crippen molar-refractivity contribution in [3.05, 3.63) is 52.1 Å². The summed E-state index contributed by atoms with van der Waals surface area (Å²) in [5.74, 6) is 1.48. The maximum absolute atomic E-state index is 10.7. The van der Waals surface area contributed by atoms with Crippen molar-refractivity contribution in [1.82, 2.24) is 0 Å². The minimum absolute atomic E-state index is 0.0400. The lowest BCUT2D eigenvalue weighted by atomic mass is 10.1. The van der Waals surface area contributed by atoms with Crippen LogP contribution in [0.4, 0.5) is 17.1 Å². The molecule has 2 aromatic rings. The number of anilines is 1. The molecule has 0 amide bonds. The zero-order valence-electron chi connectivity index (χ0n) is 14.8. The van der Waals surface area contributed by atoms with E-state index < -0.39 is 4.92 Å². The molecule has 1 aliphatic rings. The van der Waals surface area contributed by atoms with Crippen molar-refractivity contribution in [3.63, 3.8) is 0 Å². The molecule has 0 radical (unpaired) electrons. The second kappa shape index (κ2) is 7.86. The van der Waals surface area contributed by atoms with Gasteiger partial charge < -0.3 is 14.4 Å². The smallest absolute Gasteiger partial charge is 0.269 e. The van der Waals surface area contributed by atoms with Crippen LogP contribution in [-0.2, 0) is 0 Å². The number of rotatable bonds is 6. The lowest BCUT2D eigenvalue weighted by Gasteiger charge is -2.22. The molecule has 1 aliphatic heterocycles. The number of benzene rings is 2. The quantitative estimate of drug-likeness (QED) is 0.445. The second-order valence-corrected chi connectivity index (χ2v) is 5.99. The van der Waals surface area contributed by atoms with Gasteiger partial charge in [-0.3, -0.25) is 15.1 Å². The van der Waals surface area contributed by atoms with Gasteiger partial charge in [-0.15, -0.1) is 0 Å². The van der Waals surface area contributed by atoms with Gasteiger partial charge in [-0.25, -0.2) is 0 Å². The number of nitrogens with zero attached hydrogens (tertiary/aromatic N) is 3. The van der Waals surface area contributed by atoms with Crippen LogP contribution >= 0.6 is 0 Å². The van der Waals surface area contributed by atoms with E-state index in [-0.39, 0.29) is 5.69 Å². The van der Waals surface area contributed by atoms with Gasteiger partial charge in [-0.1, -0.05) is 0 Å². The van der Waals surface area contributed by atoms with Gasteiger partial charge in [0.2, 0.25) is 0 Å². The highest BCUT2D eigenvalue weighted by atomic mass is 16.6. The molecule has 0 aromatic heterocycles. The Labute approximate surface area is 152 Å². The van der Waals surface area contributed by atoms with Gasteiger partial charge >= 0.3 is 0 Å². The van der Waals surface area contributed by atoms with E-state index in [4.69, 9.17) is 9.47 Å². The van der Waals surface area contributed by atoms with Crippen molar-refractivity contribution in [3.8, 4) is 11.5 Å². The molecule has 7 nitrogen and oxygen atoms in total. The summed E-state index contributed by atoms with van der Waals surface area (Å²) < 4.78 is 11.1. The van der Waals surface area contributed by atoms with Gasteiger partial charge in [-0.05, 0) is 31.0 Å². The maximum atomic E-state index is 10.7. The third-order valence-corrected chi connectivity index (χ3v) is 4.39. The van der Waals surface area contributed by atoms with Crippen LogP contribution in [0, 0.1) is 10.1 Å². The van der Waals surface area contributed by atoms with Gasteiger partial charge in [-0.2, -0.15) is 0 Å². The molecule has 2 aromatic carbocycles. The molecular formula is C19H21N3O4. The fourth-order valence-corrected chi connectivity index (χ4v) is 3.02. The first-order valence-electron chi connectivity index (χ1n) is 8.42. The lowest BCUT2D eigenvalue weighted by Crippen LogP contribution is -2.18. The summed E-state index contributed by atoms with van der Waals surface area (Å²) in [5.41, 5.74) is 2.47. The van der Waals surface area contributed by atoms with Gasteiger partial charge in [0.15, 0.2) is 0 Å². The Morgan fingerprint density at radius 1 is 1.08 bits per heavy atom.